The summed E-state index contributed by atoms with van der Waals surface area (Å²) in [6, 6.07) is 15.0. The second-order valence-electron chi connectivity index (χ2n) is 7.73. The SMILES string of the molecule is O=C1CCN(C(=O)c2ccccc2)CCC[C@H](C(=O)NCc2ccc(F)cc2)CCN1. The predicted molar refractivity (Wildman–Crippen MR) is 116 cm³/mol. The number of benzene rings is 2. The number of carbonyl (C=O) groups excluding carboxylic acids is 3. The average molecular weight is 426 g/mol. The highest BCUT2D eigenvalue weighted by Gasteiger charge is 2.22. The summed E-state index contributed by atoms with van der Waals surface area (Å²) in [6.45, 7) is 1.57. The van der Waals surface area contributed by atoms with Crippen LogP contribution in [0.1, 0.15) is 41.6 Å². The Labute approximate surface area is 181 Å². The van der Waals surface area contributed by atoms with Crippen LogP contribution in [0.15, 0.2) is 54.6 Å². The Balaban J connectivity index is 1.60. The summed E-state index contributed by atoms with van der Waals surface area (Å²) in [5.41, 5.74) is 1.41. The first kappa shape index (κ1) is 22.5. The Hall–Kier alpha value is -3.22. The Morgan fingerprint density at radius 2 is 1.77 bits per heavy atom. The van der Waals surface area contributed by atoms with Gasteiger partial charge in [0.05, 0.1) is 0 Å². The molecule has 2 aromatic rings. The molecule has 0 spiro atoms. The van der Waals surface area contributed by atoms with Gasteiger partial charge >= 0.3 is 0 Å². The number of hydrogen-bond donors (Lipinski definition) is 2. The number of amides is 3. The maximum atomic E-state index is 13.0. The van der Waals surface area contributed by atoms with Gasteiger partial charge in [0.1, 0.15) is 5.82 Å². The van der Waals surface area contributed by atoms with Crippen molar-refractivity contribution in [2.45, 2.75) is 32.2 Å². The minimum atomic E-state index is -0.316. The summed E-state index contributed by atoms with van der Waals surface area (Å²) in [6.07, 6.45) is 2.05. The maximum Gasteiger partial charge on any atom is 0.253 e. The van der Waals surface area contributed by atoms with Gasteiger partial charge in [-0.25, -0.2) is 4.39 Å². The van der Waals surface area contributed by atoms with Gasteiger partial charge in [-0.3, -0.25) is 14.4 Å². The van der Waals surface area contributed by atoms with Crippen LogP contribution in [0, 0.1) is 11.7 Å². The number of halogens is 1. The maximum absolute atomic E-state index is 13.0. The Morgan fingerprint density at radius 3 is 2.52 bits per heavy atom. The first-order valence-corrected chi connectivity index (χ1v) is 10.7. The van der Waals surface area contributed by atoms with Crippen LogP contribution >= 0.6 is 0 Å². The van der Waals surface area contributed by atoms with Gasteiger partial charge in [0.2, 0.25) is 11.8 Å². The van der Waals surface area contributed by atoms with Crippen LogP contribution < -0.4 is 10.6 Å². The molecule has 0 aromatic heterocycles. The summed E-state index contributed by atoms with van der Waals surface area (Å²) < 4.78 is 13.0. The van der Waals surface area contributed by atoms with Crippen molar-refractivity contribution in [3.05, 3.63) is 71.5 Å². The van der Waals surface area contributed by atoms with Gasteiger partial charge in [0.25, 0.3) is 5.91 Å². The summed E-state index contributed by atoms with van der Waals surface area (Å²) in [4.78, 5) is 39.4. The second kappa shape index (κ2) is 11.2. The number of hydrogen-bond acceptors (Lipinski definition) is 3. The van der Waals surface area contributed by atoms with Crippen LogP contribution in [0.25, 0.3) is 0 Å². The van der Waals surface area contributed by atoms with Gasteiger partial charge < -0.3 is 15.5 Å². The summed E-state index contributed by atoms with van der Waals surface area (Å²) >= 11 is 0. The fourth-order valence-corrected chi connectivity index (χ4v) is 3.66. The predicted octanol–water partition coefficient (Wildman–Crippen LogP) is 2.89. The molecule has 3 amide bonds. The molecule has 0 radical (unpaired) electrons. The molecule has 3 rings (SSSR count). The average Bonchev–Trinajstić information content (AvgIpc) is 2.83. The minimum absolute atomic E-state index is 0.0984. The molecule has 1 heterocycles. The third-order valence-corrected chi connectivity index (χ3v) is 5.46. The van der Waals surface area contributed by atoms with Crippen molar-refractivity contribution in [2.24, 2.45) is 5.92 Å². The monoisotopic (exact) mass is 425 g/mol. The van der Waals surface area contributed by atoms with E-state index in [-0.39, 0.29) is 35.9 Å². The van der Waals surface area contributed by atoms with Crippen molar-refractivity contribution in [3.63, 3.8) is 0 Å². The number of nitrogens with one attached hydrogen (secondary N) is 2. The third kappa shape index (κ3) is 6.91. The van der Waals surface area contributed by atoms with E-state index >= 15 is 0 Å². The zero-order chi connectivity index (χ0) is 22.1. The number of carbonyl (C=O) groups is 3. The lowest BCUT2D eigenvalue weighted by Gasteiger charge is -2.23. The summed E-state index contributed by atoms with van der Waals surface area (Å²) in [7, 11) is 0. The number of rotatable bonds is 4. The van der Waals surface area contributed by atoms with Crippen molar-refractivity contribution in [3.8, 4) is 0 Å². The van der Waals surface area contributed by atoms with Gasteiger partial charge in [-0.15, -0.1) is 0 Å². The van der Waals surface area contributed by atoms with E-state index in [1.807, 2.05) is 18.2 Å². The van der Waals surface area contributed by atoms with Gasteiger partial charge in [-0.05, 0) is 49.1 Å². The zero-order valence-corrected chi connectivity index (χ0v) is 17.5. The van der Waals surface area contributed by atoms with Crippen molar-refractivity contribution < 1.29 is 18.8 Å². The quantitative estimate of drug-likeness (QED) is 0.791. The molecular weight excluding hydrogens is 397 g/mol. The highest BCUT2D eigenvalue weighted by Crippen LogP contribution is 2.15. The van der Waals surface area contributed by atoms with Crippen LogP contribution in [0.5, 0.6) is 0 Å². The van der Waals surface area contributed by atoms with E-state index in [1.165, 1.54) is 12.1 Å². The molecule has 1 aliphatic rings. The molecule has 0 unspecified atom stereocenters. The standard InChI is InChI=1S/C24H28FN3O3/c25-21-10-8-18(9-11-21)17-27-23(30)19-7-4-15-28(16-13-22(29)26-14-12-19)24(31)20-5-2-1-3-6-20/h1-3,5-6,8-11,19H,4,7,12-17H2,(H,26,29)(H,27,30)/t19-/m0/s1. The molecule has 0 bridgehead atoms. The highest BCUT2D eigenvalue weighted by atomic mass is 19.1. The second-order valence-corrected chi connectivity index (χ2v) is 7.73. The van der Waals surface area contributed by atoms with E-state index in [2.05, 4.69) is 10.6 Å². The lowest BCUT2D eigenvalue weighted by atomic mass is 9.97. The molecule has 31 heavy (non-hydrogen) atoms. The first-order chi connectivity index (χ1) is 15.0. The van der Waals surface area contributed by atoms with Crippen LogP contribution in [-0.2, 0) is 16.1 Å². The molecule has 6 nitrogen and oxygen atoms in total. The van der Waals surface area contributed by atoms with Crippen molar-refractivity contribution in [2.75, 3.05) is 19.6 Å². The van der Waals surface area contributed by atoms with E-state index in [0.717, 1.165) is 5.56 Å². The van der Waals surface area contributed by atoms with Crippen molar-refractivity contribution in [1.29, 1.82) is 0 Å². The topological polar surface area (TPSA) is 78.5 Å². The molecule has 7 heteroatoms. The van der Waals surface area contributed by atoms with Gasteiger partial charge in [0.15, 0.2) is 0 Å². The molecule has 0 aliphatic carbocycles. The van der Waals surface area contributed by atoms with Crippen LogP contribution in [-0.4, -0.2) is 42.3 Å². The van der Waals surface area contributed by atoms with Gasteiger partial charge in [-0.2, -0.15) is 0 Å². The normalized spacial score (nSPS) is 17.9. The smallest absolute Gasteiger partial charge is 0.253 e. The molecule has 2 N–H and O–H groups in total. The van der Waals surface area contributed by atoms with Crippen LogP contribution in [0.3, 0.4) is 0 Å². The largest absolute Gasteiger partial charge is 0.356 e. The third-order valence-electron chi connectivity index (χ3n) is 5.46. The fourth-order valence-electron chi connectivity index (χ4n) is 3.66. The Morgan fingerprint density at radius 1 is 1.03 bits per heavy atom. The molecule has 1 aliphatic heterocycles. The zero-order valence-electron chi connectivity index (χ0n) is 17.5. The fraction of sp³-hybridized carbons (Fsp3) is 0.375. The lowest BCUT2D eigenvalue weighted by molar-refractivity contribution is -0.126. The van der Waals surface area contributed by atoms with E-state index < -0.39 is 0 Å². The minimum Gasteiger partial charge on any atom is -0.356 e. The van der Waals surface area contributed by atoms with Gasteiger partial charge in [0, 0.05) is 44.1 Å². The van der Waals surface area contributed by atoms with E-state index in [4.69, 9.17) is 0 Å². The van der Waals surface area contributed by atoms with E-state index in [9.17, 15) is 18.8 Å². The molecule has 1 atom stereocenters. The van der Waals surface area contributed by atoms with E-state index in [1.54, 1.807) is 29.2 Å². The molecular formula is C24H28FN3O3. The number of nitrogens with zero attached hydrogens (tertiary/aromatic N) is 1. The Kier molecular flexibility index (Phi) is 8.15. The van der Waals surface area contributed by atoms with Crippen molar-refractivity contribution >= 4 is 17.7 Å². The summed E-state index contributed by atoms with van der Waals surface area (Å²) in [5, 5.41) is 5.75. The molecule has 0 saturated carbocycles. The summed E-state index contributed by atoms with van der Waals surface area (Å²) in [5.74, 6) is -0.918. The van der Waals surface area contributed by atoms with Crippen LogP contribution in [0.4, 0.5) is 4.39 Å². The molecule has 1 fully saturated rings. The van der Waals surface area contributed by atoms with E-state index in [0.29, 0.717) is 51.0 Å². The van der Waals surface area contributed by atoms with Crippen LogP contribution in [0.2, 0.25) is 0 Å². The highest BCUT2D eigenvalue weighted by molar-refractivity contribution is 5.94. The van der Waals surface area contributed by atoms with Crippen molar-refractivity contribution in [1.82, 2.24) is 15.5 Å². The lowest BCUT2D eigenvalue weighted by Crippen LogP contribution is -2.35. The molecule has 164 valence electrons. The molecule has 2 aromatic carbocycles. The Bertz CT molecular complexity index is 887. The molecule has 1 saturated heterocycles. The van der Waals surface area contributed by atoms with Gasteiger partial charge in [-0.1, -0.05) is 30.3 Å². The first-order valence-electron chi connectivity index (χ1n) is 10.7.